The van der Waals surface area contributed by atoms with E-state index in [0.717, 1.165) is 0 Å². The smallest absolute Gasteiger partial charge is 0.271 e. The van der Waals surface area contributed by atoms with E-state index in [9.17, 15) is 14.4 Å². The molecule has 0 unspecified atom stereocenters. The Balaban J connectivity index is 2.50. The minimum Gasteiger partial charge on any atom is -0.476 e. The van der Waals surface area contributed by atoms with Crippen LogP contribution in [0.25, 0.3) is 0 Å². The van der Waals surface area contributed by atoms with Crippen molar-refractivity contribution in [3.63, 3.8) is 0 Å². The van der Waals surface area contributed by atoms with Gasteiger partial charge in [0.1, 0.15) is 12.3 Å². The van der Waals surface area contributed by atoms with Crippen LogP contribution in [0, 0.1) is 0 Å². The number of likely N-dealkylation sites (N-methyl/N-ethyl adjacent to an activating group) is 1. The highest BCUT2D eigenvalue weighted by Crippen LogP contribution is 2.38. The predicted molar refractivity (Wildman–Crippen MR) is 82.2 cm³/mol. The third-order valence-electron chi connectivity index (χ3n) is 3.60. The molecule has 0 aliphatic carbocycles. The summed E-state index contributed by atoms with van der Waals surface area (Å²) in [7, 11) is 1.51. The molecule has 0 saturated carbocycles. The van der Waals surface area contributed by atoms with Crippen LogP contribution in [0.1, 0.15) is 37.6 Å². The lowest BCUT2D eigenvalue weighted by Gasteiger charge is -2.38. The monoisotopic (exact) mass is 304 g/mol. The highest BCUT2D eigenvalue weighted by atomic mass is 16.5. The number of nitrogens with zero attached hydrogens (tertiary/aromatic N) is 1. The van der Waals surface area contributed by atoms with Gasteiger partial charge in [0, 0.05) is 19.0 Å². The van der Waals surface area contributed by atoms with Crippen LogP contribution in [0.3, 0.4) is 0 Å². The first kappa shape index (κ1) is 16.0. The minimum absolute atomic E-state index is 0.0278. The molecule has 1 aliphatic heterocycles. The molecule has 0 atom stereocenters. The summed E-state index contributed by atoms with van der Waals surface area (Å²) >= 11 is 0. The SMILES string of the molecule is CCC(=O)c1ccc2c(c1)N(CC(=O)NC)C(=O)C(C)(C)O2. The van der Waals surface area contributed by atoms with Gasteiger partial charge in [-0.25, -0.2) is 0 Å². The average Bonchev–Trinajstić information content (AvgIpc) is 2.50. The number of ether oxygens (including phenoxy) is 1. The maximum absolute atomic E-state index is 12.5. The second-order valence-electron chi connectivity index (χ2n) is 5.64. The number of benzene rings is 1. The van der Waals surface area contributed by atoms with Crippen molar-refractivity contribution in [2.45, 2.75) is 32.8 Å². The molecule has 2 amide bonds. The summed E-state index contributed by atoms with van der Waals surface area (Å²) in [6.07, 6.45) is 0.370. The lowest BCUT2D eigenvalue weighted by molar-refractivity contribution is -0.134. The third kappa shape index (κ3) is 2.81. The minimum atomic E-state index is -1.06. The van der Waals surface area contributed by atoms with Gasteiger partial charge >= 0.3 is 0 Å². The summed E-state index contributed by atoms with van der Waals surface area (Å²) in [6, 6.07) is 4.95. The number of carbonyl (C=O) groups is 3. The second kappa shape index (κ2) is 5.79. The number of Topliss-reactive ketones (excluding diaryl/α,β-unsaturated/α-hetero) is 1. The van der Waals surface area contributed by atoms with Gasteiger partial charge in [-0.1, -0.05) is 6.92 Å². The van der Waals surface area contributed by atoms with Crippen LogP contribution in [-0.4, -0.2) is 36.8 Å². The maximum Gasteiger partial charge on any atom is 0.271 e. The summed E-state index contributed by atoms with van der Waals surface area (Å²) in [5.74, 6) is -0.143. The predicted octanol–water partition coefficient (Wildman–Crippen LogP) is 1.53. The van der Waals surface area contributed by atoms with E-state index in [1.165, 1.54) is 11.9 Å². The first-order chi connectivity index (χ1) is 10.3. The molecule has 1 aliphatic rings. The lowest BCUT2D eigenvalue weighted by atomic mass is 10.0. The molecule has 6 nitrogen and oxygen atoms in total. The quantitative estimate of drug-likeness (QED) is 0.856. The second-order valence-corrected chi connectivity index (χ2v) is 5.64. The van der Waals surface area contributed by atoms with Gasteiger partial charge in [0.15, 0.2) is 11.4 Å². The first-order valence-corrected chi connectivity index (χ1v) is 7.19. The van der Waals surface area contributed by atoms with Crippen molar-refractivity contribution in [2.75, 3.05) is 18.5 Å². The molecular weight excluding hydrogens is 284 g/mol. The van der Waals surface area contributed by atoms with Crippen molar-refractivity contribution < 1.29 is 19.1 Å². The van der Waals surface area contributed by atoms with Crippen LogP contribution in [0.2, 0.25) is 0 Å². The fourth-order valence-corrected chi connectivity index (χ4v) is 2.32. The Kier molecular flexibility index (Phi) is 4.21. The number of hydrogen-bond donors (Lipinski definition) is 1. The fraction of sp³-hybridized carbons (Fsp3) is 0.438. The fourth-order valence-electron chi connectivity index (χ4n) is 2.32. The van der Waals surface area contributed by atoms with E-state index in [4.69, 9.17) is 4.74 Å². The number of hydrogen-bond acceptors (Lipinski definition) is 4. The van der Waals surface area contributed by atoms with Gasteiger partial charge in [-0.2, -0.15) is 0 Å². The maximum atomic E-state index is 12.5. The number of ketones is 1. The number of rotatable bonds is 4. The van der Waals surface area contributed by atoms with E-state index in [-0.39, 0.29) is 24.1 Å². The molecule has 1 aromatic rings. The Morgan fingerprint density at radius 2 is 2.00 bits per heavy atom. The normalized spacial score (nSPS) is 15.8. The Morgan fingerprint density at radius 3 is 2.59 bits per heavy atom. The van der Waals surface area contributed by atoms with Crippen molar-refractivity contribution in [2.24, 2.45) is 0 Å². The van der Waals surface area contributed by atoms with Gasteiger partial charge < -0.3 is 10.1 Å². The molecule has 118 valence electrons. The molecule has 1 aromatic carbocycles. The highest BCUT2D eigenvalue weighted by Gasteiger charge is 2.41. The Labute approximate surface area is 129 Å². The molecule has 1 N–H and O–H groups in total. The molecule has 0 aromatic heterocycles. The van der Waals surface area contributed by atoms with Crippen LogP contribution in [-0.2, 0) is 9.59 Å². The molecule has 22 heavy (non-hydrogen) atoms. The lowest BCUT2D eigenvalue weighted by Crippen LogP contribution is -2.54. The summed E-state index contributed by atoms with van der Waals surface area (Å²) < 4.78 is 5.71. The molecule has 2 rings (SSSR count). The number of fused-ring (bicyclic) bond motifs is 1. The van der Waals surface area contributed by atoms with Crippen molar-refractivity contribution in [3.05, 3.63) is 23.8 Å². The topological polar surface area (TPSA) is 75.7 Å². The van der Waals surface area contributed by atoms with E-state index in [2.05, 4.69) is 5.32 Å². The van der Waals surface area contributed by atoms with Crippen LogP contribution < -0.4 is 15.0 Å². The van der Waals surface area contributed by atoms with Crippen molar-refractivity contribution >= 4 is 23.3 Å². The van der Waals surface area contributed by atoms with Crippen LogP contribution >= 0.6 is 0 Å². The van der Waals surface area contributed by atoms with Gasteiger partial charge in [0.05, 0.1) is 5.69 Å². The molecule has 6 heteroatoms. The van der Waals surface area contributed by atoms with Crippen molar-refractivity contribution in [1.29, 1.82) is 0 Å². The molecule has 0 spiro atoms. The van der Waals surface area contributed by atoms with E-state index in [1.54, 1.807) is 39.0 Å². The van der Waals surface area contributed by atoms with Crippen LogP contribution in [0.5, 0.6) is 5.75 Å². The zero-order chi connectivity index (χ0) is 16.5. The van der Waals surface area contributed by atoms with Crippen molar-refractivity contribution in [1.82, 2.24) is 5.32 Å². The van der Waals surface area contributed by atoms with Gasteiger partial charge in [-0.05, 0) is 32.0 Å². The van der Waals surface area contributed by atoms with Gasteiger partial charge in [0.25, 0.3) is 5.91 Å². The highest BCUT2D eigenvalue weighted by molar-refractivity contribution is 6.07. The molecule has 1 heterocycles. The number of nitrogens with one attached hydrogen (secondary N) is 1. The zero-order valence-corrected chi connectivity index (χ0v) is 13.2. The van der Waals surface area contributed by atoms with Crippen LogP contribution in [0.4, 0.5) is 5.69 Å². The molecule has 0 bridgehead atoms. The summed E-state index contributed by atoms with van der Waals surface area (Å²) in [5.41, 5.74) is -0.108. The molecule has 0 saturated heterocycles. The average molecular weight is 304 g/mol. The van der Waals surface area contributed by atoms with Gasteiger partial charge in [0.2, 0.25) is 5.91 Å². The van der Waals surface area contributed by atoms with Gasteiger partial charge in [-0.3, -0.25) is 19.3 Å². The van der Waals surface area contributed by atoms with Gasteiger partial charge in [-0.15, -0.1) is 0 Å². The number of anilines is 1. The van der Waals surface area contributed by atoms with Crippen LogP contribution in [0.15, 0.2) is 18.2 Å². The first-order valence-electron chi connectivity index (χ1n) is 7.19. The Hall–Kier alpha value is -2.37. The van der Waals surface area contributed by atoms with E-state index >= 15 is 0 Å². The Bertz CT molecular complexity index is 637. The number of amides is 2. The molecular formula is C16H20N2O4. The Morgan fingerprint density at radius 1 is 1.32 bits per heavy atom. The van der Waals surface area contributed by atoms with E-state index in [1.807, 2.05) is 0 Å². The molecule has 0 radical (unpaired) electrons. The third-order valence-corrected chi connectivity index (χ3v) is 3.60. The number of carbonyl (C=O) groups excluding carboxylic acids is 3. The summed E-state index contributed by atoms with van der Waals surface area (Å²) in [6.45, 7) is 4.97. The summed E-state index contributed by atoms with van der Waals surface area (Å²) in [4.78, 5) is 37.5. The molecule has 0 fully saturated rings. The summed E-state index contributed by atoms with van der Waals surface area (Å²) in [5, 5.41) is 2.50. The standard InChI is InChI=1S/C16H20N2O4/c1-5-12(19)10-6-7-13-11(8-10)18(9-14(20)17-4)15(21)16(2,3)22-13/h6-8H,5,9H2,1-4H3,(H,17,20). The zero-order valence-electron chi connectivity index (χ0n) is 13.2. The van der Waals surface area contributed by atoms with E-state index < -0.39 is 5.60 Å². The van der Waals surface area contributed by atoms with Crippen molar-refractivity contribution in [3.8, 4) is 5.75 Å². The van der Waals surface area contributed by atoms with E-state index in [0.29, 0.717) is 23.4 Å². The largest absolute Gasteiger partial charge is 0.476 e.